The topological polar surface area (TPSA) is 51.2 Å². The van der Waals surface area contributed by atoms with Gasteiger partial charge in [-0.25, -0.2) is 0 Å². The Bertz CT molecular complexity index is 427. The van der Waals surface area contributed by atoms with Gasteiger partial charge in [-0.05, 0) is 45.0 Å². The quantitative estimate of drug-likeness (QED) is 0.834. The second kappa shape index (κ2) is 8.36. The highest BCUT2D eigenvalue weighted by Crippen LogP contribution is 2.18. The van der Waals surface area contributed by atoms with Gasteiger partial charge < -0.3 is 19.3 Å². The fourth-order valence-corrected chi connectivity index (χ4v) is 2.78. The third kappa shape index (κ3) is 5.48. The Balaban J connectivity index is 1.73. The van der Waals surface area contributed by atoms with E-state index in [4.69, 9.17) is 14.2 Å². The average Bonchev–Trinajstić information content (AvgIpc) is 2.46. The molecule has 1 aromatic carbocycles. The van der Waals surface area contributed by atoms with Crippen LogP contribution in [0.15, 0.2) is 24.3 Å². The maximum Gasteiger partial charge on any atom is 0.119 e. The monoisotopic (exact) mass is 309 g/mol. The van der Waals surface area contributed by atoms with Crippen molar-refractivity contribution < 1.29 is 19.3 Å². The first-order valence-electron chi connectivity index (χ1n) is 7.98. The fraction of sp³-hybridized carbons (Fsp3) is 0.647. The Morgan fingerprint density at radius 2 is 1.68 bits per heavy atom. The Morgan fingerprint density at radius 1 is 1.14 bits per heavy atom. The van der Waals surface area contributed by atoms with Gasteiger partial charge in [0.25, 0.3) is 0 Å². The number of ether oxygens (including phenoxy) is 3. The average molecular weight is 309 g/mol. The molecule has 3 unspecified atom stereocenters. The standard InChI is InChI=1S/C17H27NO4/c1-4-20-16-5-7-17(8-6-16)21-12-15(19)11-18-9-13(2)22-14(3)10-18/h5-8,13-15,19H,4,9-12H2,1-3H3. The minimum absolute atomic E-state index is 0.211. The van der Waals surface area contributed by atoms with Gasteiger partial charge in [0.15, 0.2) is 0 Å². The van der Waals surface area contributed by atoms with Crippen LogP contribution in [0.2, 0.25) is 0 Å². The van der Waals surface area contributed by atoms with Crippen LogP contribution in [0.1, 0.15) is 20.8 Å². The highest BCUT2D eigenvalue weighted by atomic mass is 16.5. The summed E-state index contributed by atoms with van der Waals surface area (Å²) < 4.78 is 16.7. The van der Waals surface area contributed by atoms with Crippen LogP contribution in [0.4, 0.5) is 0 Å². The summed E-state index contributed by atoms with van der Waals surface area (Å²) in [7, 11) is 0. The second-order valence-corrected chi connectivity index (χ2v) is 5.85. The molecule has 5 nitrogen and oxygen atoms in total. The number of morpholine rings is 1. The minimum atomic E-state index is -0.510. The molecule has 0 aliphatic carbocycles. The summed E-state index contributed by atoms with van der Waals surface area (Å²) in [6.45, 7) is 9.32. The zero-order valence-electron chi connectivity index (χ0n) is 13.7. The van der Waals surface area contributed by atoms with E-state index in [-0.39, 0.29) is 18.8 Å². The third-order valence-corrected chi connectivity index (χ3v) is 3.54. The van der Waals surface area contributed by atoms with Crippen molar-refractivity contribution in [3.05, 3.63) is 24.3 Å². The van der Waals surface area contributed by atoms with Crippen LogP contribution < -0.4 is 9.47 Å². The highest BCUT2D eigenvalue weighted by molar-refractivity contribution is 5.31. The predicted octanol–water partition coefficient (Wildman–Crippen LogP) is 1.93. The molecular weight excluding hydrogens is 282 g/mol. The number of hydrogen-bond donors (Lipinski definition) is 1. The Labute approximate surface area is 132 Å². The Hall–Kier alpha value is -1.30. The van der Waals surface area contributed by atoms with Gasteiger partial charge in [0.1, 0.15) is 24.2 Å². The molecule has 0 bridgehead atoms. The van der Waals surface area contributed by atoms with Crippen molar-refractivity contribution in [3.63, 3.8) is 0 Å². The van der Waals surface area contributed by atoms with Gasteiger partial charge in [0.05, 0.1) is 18.8 Å². The van der Waals surface area contributed by atoms with E-state index in [0.29, 0.717) is 13.2 Å². The second-order valence-electron chi connectivity index (χ2n) is 5.85. The lowest BCUT2D eigenvalue weighted by Gasteiger charge is -2.36. The van der Waals surface area contributed by atoms with Crippen molar-refractivity contribution in [1.82, 2.24) is 4.90 Å². The molecule has 1 fully saturated rings. The SMILES string of the molecule is CCOc1ccc(OCC(O)CN2CC(C)OC(C)C2)cc1. The summed E-state index contributed by atoms with van der Waals surface area (Å²) in [5, 5.41) is 10.1. The van der Waals surface area contributed by atoms with Crippen molar-refractivity contribution in [3.8, 4) is 11.5 Å². The molecule has 1 saturated heterocycles. The van der Waals surface area contributed by atoms with Crippen LogP contribution in [0.25, 0.3) is 0 Å². The van der Waals surface area contributed by atoms with E-state index in [2.05, 4.69) is 18.7 Å². The molecule has 1 heterocycles. The van der Waals surface area contributed by atoms with Gasteiger partial charge in [0, 0.05) is 19.6 Å². The molecule has 0 aromatic heterocycles. The van der Waals surface area contributed by atoms with E-state index in [9.17, 15) is 5.11 Å². The van der Waals surface area contributed by atoms with Crippen LogP contribution in [0.3, 0.4) is 0 Å². The van der Waals surface area contributed by atoms with Crippen molar-refractivity contribution >= 4 is 0 Å². The normalized spacial score (nSPS) is 24.0. The molecule has 1 aliphatic heterocycles. The molecular formula is C17H27NO4. The molecule has 124 valence electrons. The molecule has 0 saturated carbocycles. The number of β-amino-alcohol motifs (C(OH)–C–C–N with tert-alkyl or cyclic N) is 1. The lowest BCUT2D eigenvalue weighted by atomic mass is 10.2. The van der Waals surface area contributed by atoms with Crippen LogP contribution in [-0.2, 0) is 4.74 Å². The van der Waals surface area contributed by atoms with Gasteiger partial charge in [-0.1, -0.05) is 0 Å². The summed E-state index contributed by atoms with van der Waals surface area (Å²) in [5.41, 5.74) is 0. The molecule has 3 atom stereocenters. The maximum absolute atomic E-state index is 10.1. The molecule has 22 heavy (non-hydrogen) atoms. The van der Waals surface area contributed by atoms with E-state index < -0.39 is 6.10 Å². The molecule has 0 amide bonds. The third-order valence-electron chi connectivity index (χ3n) is 3.54. The number of rotatable bonds is 7. The van der Waals surface area contributed by atoms with Gasteiger partial charge in [-0.2, -0.15) is 0 Å². The first-order valence-corrected chi connectivity index (χ1v) is 7.98. The molecule has 0 radical (unpaired) electrons. The van der Waals surface area contributed by atoms with Crippen LogP contribution in [-0.4, -0.2) is 61.2 Å². The van der Waals surface area contributed by atoms with E-state index in [1.54, 1.807) is 0 Å². The summed E-state index contributed by atoms with van der Waals surface area (Å²) in [6.07, 6.45) is -0.0879. The number of hydrogen-bond acceptors (Lipinski definition) is 5. The van der Waals surface area contributed by atoms with Gasteiger partial charge in [0.2, 0.25) is 0 Å². The van der Waals surface area contributed by atoms with Crippen molar-refractivity contribution in [2.75, 3.05) is 32.8 Å². The molecule has 0 spiro atoms. The van der Waals surface area contributed by atoms with Gasteiger partial charge in [-0.3, -0.25) is 4.90 Å². The summed E-state index contributed by atoms with van der Waals surface area (Å²) >= 11 is 0. The molecule has 2 rings (SSSR count). The minimum Gasteiger partial charge on any atom is -0.494 e. The number of aliphatic hydroxyl groups excluding tert-OH is 1. The van der Waals surface area contributed by atoms with Crippen LogP contribution >= 0.6 is 0 Å². The maximum atomic E-state index is 10.1. The smallest absolute Gasteiger partial charge is 0.119 e. The fourth-order valence-electron chi connectivity index (χ4n) is 2.78. The molecule has 1 N–H and O–H groups in total. The summed E-state index contributed by atoms with van der Waals surface area (Å²) in [4.78, 5) is 2.23. The van der Waals surface area contributed by atoms with E-state index in [0.717, 1.165) is 24.6 Å². The van der Waals surface area contributed by atoms with E-state index >= 15 is 0 Å². The zero-order chi connectivity index (χ0) is 15.9. The predicted molar refractivity (Wildman–Crippen MR) is 85.6 cm³/mol. The zero-order valence-corrected chi connectivity index (χ0v) is 13.7. The van der Waals surface area contributed by atoms with Crippen LogP contribution in [0.5, 0.6) is 11.5 Å². The largest absolute Gasteiger partial charge is 0.494 e. The van der Waals surface area contributed by atoms with Crippen LogP contribution in [0, 0.1) is 0 Å². The lowest BCUT2D eigenvalue weighted by Crippen LogP contribution is -2.48. The Kier molecular flexibility index (Phi) is 6.49. The Morgan fingerprint density at radius 3 is 2.23 bits per heavy atom. The summed E-state index contributed by atoms with van der Waals surface area (Å²) in [6, 6.07) is 7.46. The highest BCUT2D eigenvalue weighted by Gasteiger charge is 2.23. The van der Waals surface area contributed by atoms with E-state index in [1.165, 1.54) is 0 Å². The van der Waals surface area contributed by atoms with Gasteiger partial charge in [-0.15, -0.1) is 0 Å². The van der Waals surface area contributed by atoms with Crippen molar-refractivity contribution in [1.29, 1.82) is 0 Å². The lowest BCUT2D eigenvalue weighted by molar-refractivity contribution is -0.0786. The first-order chi connectivity index (χ1) is 10.6. The van der Waals surface area contributed by atoms with E-state index in [1.807, 2.05) is 31.2 Å². The van der Waals surface area contributed by atoms with Crippen molar-refractivity contribution in [2.45, 2.75) is 39.1 Å². The number of nitrogens with zero attached hydrogens (tertiary/aromatic N) is 1. The summed E-state index contributed by atoms with van der Waals surface area (Å²) in [5.74, 6) is 1.57. The number of aliphatic hydroxyl groups is 1. The van der Waals surface area contributed by atoms with Crippen molar-refractivity contribution in [2.24, 2.45) is 0 Å². The molecule has 5 heteroatoms. The first kappa shape index (κ1) is 17.1. The molecule has 1 aromatic rings. The number of benzene rings is 1. The molecule has 1 aliphatic rings. The van der Waals surface area contributed by atoms with Gasteiger partial charge >= 0.3 is 0 Å².